The van der Waals surface area contributed by atoms with Gasteiger partial charge in [-0.25, -0.2) is 0 Å². The maximum absolute atomic E-state index is 9.98. The number of rotatable bonds is 1. The van der Waals surface area contributed by atoms with E-state index in [0.29, 0.717) is 13.1 Å². The van der Waals surface area contributed by atoms with Gasteiger partial charge in [-0.1, -0.05) is 12.8 Å². The van der Waals surface area contributed by atoms with Gasteiger partial charge in [0, 0.05) is 19.0 Å². The van der Waals surface area contributed by atoms with Gasteiger partial charge in [0.05, 0.1) is 11.7 Å². The molecule has 3 heteroatoms. The van der Waals surface area contributed by atoms with Gasteiger partial charge in [0.1, 0.15) is 0 Å². The zero-order chi connectivity index (χ0) is 8.60. The summed E-state index contributed by atoms with van der Waals surface area (Å²) in [4.78, 5) is 0. The van der Waals surface area contributed by atoms with Crippen LogP contribution in [0.15, 0.2) is 0 Å². The van der Waals surface area contributed by atoms with Crippen LogP contribution < -0.4 is 5.32 Å². The number of aliphatic hydroxyl groups is 2. The molecule has 0 aromatic heterocycles. The first kappa shape index (κ1) is 8.48. The monoisotopic (exact) mass is 171 g/mol. The molecule has 2 atom stereocenters. The molecule has 0 unspecified atom stereocenters. The van der Waals surface area contributed by atoms with E-state index in [1.807, 2.05) is 0 Å². The first-order valence-electron chi connectivity index (χ1n) is 4.83. The van der Waals surface area contributed by atoms with E-state index >= 15 is 0 Å². The summed E-state index contributed by atoms with van der Waals surface area (Å²) in [6, 6.07) is 0. The van der Waals surface area contributed by atoms with Crippen molar-refractivity contribution in [2.24, 2.45) is 5.92 Å². The molecule has 1 saturated carbocycles. The van der Waals surface area contributed by atoms with Crippen LogP contribution in [0, 0.1) is 5.92 Å². The first-order valence-corrected chi connectivity index (χ1v) is 4.83. The van der Waals surface area contributed by atoms with Crippen LogP contribution in [-0.2, 0) is 0 Å². The van der Waals surface area contributed by atoms with E-state index in [2.05, 4.69) is 5.32 Å². The van der Waals surface area contributed by atoms with Crippen molar-refractivity contribution in [3.8, 4) is 0 Å². The highest BCUT2D eigenvalue weighted by molar-refractivity contribution is 5.01. The lowest BCUT2D eigenvalue weighted by molar-refractivity contribution is -0.116. The molecule has 2 rings (SSSR count). The highest BCUT2D eigenvalue weighted by Gasteiger charge is 2.45. The molecule has 1 aliphatic heterocycles. The average molecular weight is 171 g/mol. The SMILES string of the molecule is O[C@H]1CCCC[C@H]1C1(O)CNC1. The van der Waals surface area contributed by atoms with Gasteiger partial charge in [0.25, 0.3) is 0 Å². The van der Waals surface area contributed by atoms with E-state index in [1.54, 1.807) is 0 Å². The molecule has 70 valence electrons. The Bertz CT molecular complexity index is 168. The van der Waals surface area contributed by atoms with Crippen molar-refractivity contribution >= 4 is 0 Å². The molecule has 1 heterocycles. The molecule has 3 nitrogen and oxygen atoms in total. The Labute approximate surface area is 72.8 Å². The van der Waals surface area contributed by atoms with Gasteiger partial charge < -0.3 is 15.5 Å². The predicted octanol–water partition coefficient (Wildman–Crippen LogP) is -0.128. The molecule has 1 saturated heterocycles. The Hall–Kier alpha value is -0.120. The molecular formula is C9H17NO2. The van der Waals surface area contributed by atoms with E-state index in [9.17, 15) is 10.2 Å². The van der Waals surface area contributed by atoms with Gasteiger partial charge in [-0.15, -0.1) is 0 Å². The second kappa shape index (κ2) is 2.98. The normalized spacial score (nSPS) is 40.5. The third-order valence-electron chi connectivity index (χ3n) is 3.28. The molecule has 12 heavy (non-hydrogen) atoms. The van der Waals surface area contributed by atoms with E-state index in [-0.39, 0.29) is 12.0 Å². The van der Waals surface area contributed by atoms with Crippen molar-refractivity contribution in [3.05, 3.63) is 0 Å². The summed E-state index contributed by atoms with van der Waals surface area (Å²) < 4.78 is 0. The number of nitrogens with one attached hydrogen (secondary N) is 1. The Kier molecular flexibility index (Phi) is 2.10. The molecule has 0 spiro atoms. The first-order chi connectivity index (χ1) is 5.72. The summed E-state index contributed by atoms with van der Waals surface area (Å²) in [6.07, 6.45) is 3.85. The molecule has 2 aliphatic rings. The molecule has 3 N–H and O–H groups in total. The lowest BCUT2D eigenvalue weighted by Crippen LogP contribution is -2.66. The predicted molar refractivity (Wildman–Crippen MR) is 45.8 cm³/mol. The van der Waals surface area contributed by atoms with Crippen LogP contribution in [0.3, 0.4) is 0 Å². The minimum absolute atomic E-state index is 0.118. The lowest BCUT2D eigenvalue weighted by Gasteiger charge is -2.47. The largest absolute Gasteiger partial charge is 0.393 e. The quantitative estimate of drug-likeness (QED) is 0.515. The number of hydrogen-bond acceptors (Lipinski definition) is 3. The van der Waals surface area contributed by atoms with Crippen molar-refractivity contribution in [2.45, 2.75) is 37.4 Å². The summed E-state index contributed by atoms with van der Waals surface area (Å²) in [5, 5.41) is 22.7. The van der Waals surface area contributed by atoms with Crippen LogP contribution in [0.4, 0.5) is 0 Å². The zero-order valence-corrected chi connectivity index (χ0v) is 7.29. The van der Waals surface area contributed by atoms with E-state index in [4.69, 9.17) is 0 Å². The molecule has 0 radical (unpaired) electrons. The zero-order valence-electron chi connectivity index (χ0n) is 7.29. The van der Waals surface area contributed by atoms with Gasteiger partial charge in [0.15, 0.2) is 0 Å². The molecule has 1 aliphatic carbocycles. The van der Waals surface area contributed by atoms with E-state index in [0.717, 1.165) is 25.7 Å². The van der Waals surface area contributed by atoms with Gasteiger partial charge in [-0.3, -0.25) is 0 Å². The number of aliphatic hydroxyl groups excluding tert-OH is 1. The molecule has 0 amide bonds. The Morgan fingerprint density at radius 2 is 1.83 bits per heavy atom. The van der Waals surface area contributed by atoms with Crippen LogP contribution >= 0.6 is 0 Å². The Balaban J connectivity index is 2.00. The average Bonchev–Trinajstić information content (AvgIpc) is 2.01. The smallest absolute Gasteiger partial charge is 0.0947 e. The second-order valence-electron chi connectivity index (χ2n) is 4.17. The summed E-state index contributed by atoms with van der Waals surface area (Å²) in [5.74, 6) is 0.118. The second-order valence-corrected chi connectivity index (χ2v) is 4.17. The minimum atomic E-state index is -0.597. The van der Waals surface area contributed by atoms with Gasteiger partial charge >= 0.3 is 0 Å². The van der Waals surface area contributed by atoms with Crippen molar-refractivity contribution in [2.75, 3.05) is 13.1 Å². The summed E-state index contributed by atoms with van der Waals surface area (Å²) in [5.41, 5.74) is -0.597. The minimum Gasteiger partial charge on any atom is -0.393 e. The Morgan fingerprint density at radius 1 is 1.17 bits per heavy atom. The van der Waals surface area contributed by atoms with Crippen LogP contribution in [-0.4, -0.2) is 35.0 Å². The molecule has 2 fully saturated rings. The maximum Gasteiger partial charge on any atom is 0.0947 e. The maximum atomic E-state index is 9.98. The Morgan fingerprint density at radius 3 is 2.33 bits per heavy atom. The standard InChI is InChI=1S/C9H17NO2/c11-8-4-2-1-3-7(8)9(12)5-10-6-9/h7-8,10-12H,1-6H2/t7-,8+/m1/s1. The van der Waals surface area contributed by atoms with E-state index < -0.39 is 5.60 Å². The lowest BCUT2D eigenvalue weighted by atomic mass is 9.72. The summed E-state index contributed by atoms with van der Waals surface area (Å²) in [6.45, 7) is 1.32. The summed E-state index contributed by atoms with van der Waals surface area (Å²) >= 11 is 0. The van der Waals surface area contributed by atoms with Gasteiger partial charge in [-0.05, 0) is 12.8 Å². The van der Waals surface area contributed by atoms with Crippen LogP contribution in [0.1, 0.15) is 25.7 Å². The van der Waals surface area contributed by atoms with Crippen molar-refractivity contribution in [3.63, 3.8) is 0 Å². The molecular weight excluding hydrogens is 154 g/mol. The number of hydrogen-bond donors (Lipinski definition) is 3. The third kappa shape index (κ3) is 1.26. The van der Waals surface area contributed by atoms with Gasteiger partial charge in [-0.2, -0.15) is 0 Å². The van der Waals surface area contributed by atoms with Crippen LogP contribution in [0.5, 0.6) is 0 Å². The van der Waals surface area contributed by atoms with Crippen molar-refractivity contribution < 1.29 is 10.2 Å². The van der Waals surface area contributed by atoms with E-state index in [1.165, 1.54) is 0 Å². The fraction of sp³-hybridized carbons (Fsp3) is 1.00. The van der Waals surface area contributed by atoms with Gasteiger partial charge in [0.2, 0.25) is 0 Å². The fourth-order valence-electron chi connectivity index (χ4n) is 2.38. The highest BCUT2D eigenvalue weighted by atomic mass is 16.3. The van der Waals surface area contributed by atoms with Crippen molar-refractivity contribution in [1.29, 1.82) is 0 Å². The molecule has 0 aromatic rings. The topological polar surface area (TPSA) is 52.5 Å². The molecule has 0 bridgehead atoms. The fourth-order valence-corrected chi connectivity index (χ4v) is 2.38. The number of β-amino-alcohol motifs (C(OH)–C–C–N with tert-alkyl or cyclic N) is 1. The summed E-state index contributed by atoms with van der Waals surface area (Å²) in [7, 11) is 0. The molecule has 0 aromatic carbocycles. The highest BCUT2D eigenvalue weighted by Crippen LogP contribution is 2.35. The van der Waals surface area contributed by atoms with Crippen LogP contribution in [0.2, 0.25) is 0 Å². The third-order valence-corrected chi connectivity index (χ3v) is 3.28. The van der Waals surface area contributed by atoms with Crippen molar-refractivity contribution in [1.82, 2.24) is 5.32 Å². The van der Waals surface area contributed by atoms with Crippen LogP contribution in [0.25, 0.3) is 0 Å².